The molecule has 0 aliphatic heterocycles. The topological polar surface area (TPSA) is 81.0 Å². The van der Waals surface area contributed by atoms with Gasteiger partial charge in [0, 0.05) is 22.5 Å². The van der Waals surface area contributed by atoms with Crippen molar-refractivity contribution in [1.29, 1.82) is 0 Å². The Balaban J connectivity index is 2.09. The van der Waals surface area contributed by atoms with Crippen molar-refractivity contribution in [2.24, 2.45) is 0 Å². The first-order valence-corrected chi connectivity index (χ1v) is 6.53. The van der Waals surface area contributed by atoms with Crippen LogP contribution in [0.1, 0.15) is 0 Å². The van der Waals surface area contributed by atoms with Crippen molar-refractivity contribution < 1.29 is 9.31 Å². The van der Waals surface area contributed by atoms with Crippen LogP contribution in [-0.2, 0) is 0 Å². The van der Waals surface area contributed by atoms with Crippen molar-refractivity contribution in [2.75, 3.05) is 5.32 Å². The SMILES string of the molecule is O=[N+]([O-])c1ccc2ncnc(Nc3ccc(Cl)cc3F)c2c1. The molecule has 2 aromatic carbocycles. The second-order valence-corrected chi connectivity index (χ2v) is 4.87. The normalized spacial score (nSPS) is 10.6. The average Bonchev–Trinajstić information content (AvgIpc) is 2.49. The summed E-state index contributed by atoms with van der Waals surface area (Å²) in [5.41, 5.74) is 0.579. The summed E-state index contributed by atoms with van der Waals surface area (Å²) in [7, 11) is 0. The van der Waals surface area contributed by atoms with Gasteiger partial charge >= 0.3 is 0 Å². The summed E-state index contributed by atoms with van der Waals surface area (Å²) in [5.74, 6) is -0.278. The molecule has 0 radical (unpaired) electrons. The molecule has 0 aliphatic carbocycles. The summed E-state index contributed by atoms with van der Waals surface area (Å²) in [5, 5.41) is 14.4. The monoisotopic (exact) mass is 318 g/mol. The van der Waals surface area contributed by atoms with Gasteiger partial charge in [0.25, 0.3) is 5.69 Å². The number of halogens is 2. The minimum atomic E-state index is -0.551. The van der Waals surface area contributed by atoms with Gasteiger partial charge in [0.1, 0.15) is 18.0 Å². The van der Waals surface area contributed by atoms with Crippen molar-refractivity contribution in [2.45, 2.75) is 0 Å². The van der Waals surface area contributed by atoms with E-state index in [-0.39, 0.29) is 22.2 Å². The van der Waals surface area contributed by atoms with E-state index in [2.05, 4.69) is 15.3 Å². The van der Waals surface area contributed by atoms with E-state index in [0.29, 0.717) is 10.9 Å². The zero-order chi connectivity index (χ0) is 15.7. The standard InChI is InChI=1S/C14H8ClFN4O2/c15-8-1-3-13(11(16)5-8)19-14-10-6-9(20(21)22)2-4-12(10)17-7-18-14/h1-7H,(H,17,18,19). The van der Waals surface area contributed by atoms with E-state index in [1.807, 2.05) is 0 Å². The van der Waals surface area contributed by atoms with Crippen LogP contribution in [0.15, 0.2) is 42.7 Å². The summed E-state index contributed by atoms with van der Waals surface area (Å²) in [6.45, 7) is 0. The molecule has 8 heteroatoms. The van der Waals surface area contributed by atoms with Crippen LogP contribution in [0.25, 0.3) is 10.9 Å². The molecule has 1 aromatic heterocycles. The number of nitrogens with zero attached hydrogens (tertiary/aromatic N) is 3. The first-order chi connectivity index (χ1) is 10.5. The first kappa shape index (κ1) is 14.2. The maximum Gasteiger partial charge on any atom is 0.270 e. The van der Waals surface area contributed by atoms with Crippen LogP contribution in [0.5, 0.6) is 0 Å². The van der Waals surface area contributed by atoms with Crippen LogP contribution in [0.3, 0.4) is 0 Å². The van der Waals surface area contributed by atoms with E-state index >= 15 is 0 Å². The Morgan fingerprint density at radius 2 is 2.00 bits per heavy atom. The van der Waals surface area contributed by atoms with Crippen molar-refractivity contribution in [1.82, 2.24) is 9.97 Å². The fraction of sp³-hybridized carbons (Fsp3) is 0. The smallest absolute Gasteiger partial charge is 0.270 e. The van der Waals surface area contributed by atoms with Gasteiger partial charge in [0.15, 0.2) is 0 Å². The van der Waals surface area contributed by atoms with Crippen molar-refractivity contribution >= 4 is 39.7 Å². The number of hydrogen-bond acceptors (Lipinski definition) is 5. The Labute approximate surface area is 128 Å². The summed E-state index contributed by atoms with van der Waals surface area (Å²) < 4.78 is 13.8. The van der Waals surface area contributed by atoms with Crippen molar-refractivity contribution in [3.63, 3.8) is 0 Å². The summed E-state index contributed by atoms with van der Waals surface area (Å²) in [4.78, 5) is 18.4. The highest BCUT2D eigenvalue weighted by molar-refractivity contribution is 6.30. The second-order valence-electron chi connectivity index (χ2n) is 4.43. The first-order valence-electron chi connectivity index (χ1n) is 6.16. The molecule has 110 valence electrons. The zero-order valence-corrected chi connectivity index (χ0v) is 11.7. The number of anilines is 2. The molecule has 0 unspecified atom stereocenters. The fourth-order valence-corrected chi connectivity index (χ4v) is 2.13. The number of rotatable bonds is 3. The van der Waals surface area contributed by atoms with Gasteiger partial charge in [-0.05, 0) is 24.3 Å². The van der Waals surface area contributed by atoms with E-state index in [1.165, 1.54) is 36.7 Å². The molecule has 1 N–H and O–H groups in total. The molecule has 0 atom stereocenters. The molecule has 22 heavy (non-hydrogen) atoms. The third-order valence-electron chi connectivity index (χ3n) is 3.01. The Kier molecular flexibility index (Phi) is 3.56. The van der Waals surface area contributed by atoms with E-state index in [1.54, 1.807) is 0 Å². The lowest BCUT2D eigenvalue weighted by molar-refractivity contribution is -0.384. The summed E-state index contributed by atoms with van der Waals surface area (Å²) >= 11 is 5.70. The number of aromatic nitrogens is 2. The molecule has 0 aliphatic rings. The lowest BCUT2D eigenvalue weighted by atomic mass is 10.2. The molecule has 3 aromatic rings. The fourth-order valence-electron chi connectivity index (χ4n) is 1.98. The lowest BCUT2D eigenvalue weighted by Gasteiger charge is -2.09. The van der Waals surface area contributed by atoms with E-state index in [9.17, 15) is 14.5 Å². The van der Waals surface area contributed by atoms with E-state index < -0.39 is 10.7 Å². The second kappa shape index (κ2) is 5.53. The van der Waals surface area contributed by atoms with E-state index in [0.717, 1.165) is 6.07 Å². The summed E-state index contributed by atoms with van der Waals surface area (Å²) in [6, 6.07) is 8.35. The van der Waals surface area contributed by atoms with Crippen LogP contribution in [0.2, 0.25) is 5.02 Å². The minimum absolute atomic E-state index is 0.0954. The maximum absolute atomic E-state index is 13.8. The average molecular weight is 319 g/mol. The third-order valence-corrected chi connectivity index (χ3v) is 3.25. The minimum Gasteiger partial charge on any atom is -0.337 e. The van der Waals surface area contributed by atoms with Gasteiger partial charge in [-0.3, -0.25) is 10.1 Å². The van der Waals surface area contributed by atoms with Crippen LogP contribution in [-0.4, -0.2) is 14.9 Å². The molecule has 0 fully saturated rings. The van der Waals surface area contributed by atoms with Gasteiger partial charge in [-0.25, -0.2) is 14.4 Å². The Morgan fingerprint density at radius 3 is 2.73 bits per heavy atom. The highest BCUT2D eigenvalue weighted by atomic mass is 35.5. The molecule has 1 heterocycles. The van der Waals surface area contributed by atoms with Gasteiger partial charge in [0.2, 0.25) is 0 Å². The predicted molar refractivity (Wildman–Crippen MR) is 80.9 cm³/mol. The van der Waals surface area contributed by atoms with Crippen LogP contribution in [0.4, 0.5) is 21.6 Å². The zero-order valence-electron chi connectivity index (χ0n) is 11.0. The summed E-state index contributed by atoms with van der Waals surface area (Å²) in [6.07, 6.45) is 1.30. The number of nitro groups is 1. The van der Waals surface area contributed by atoms with Crippen LogP contribution >= 0.6 is 11.6 Å². The van der Waals surface area contributed by atoms with Gasteiger partial charge in [-0.2, -0.15) is 0 Å². The highest BCUT2D eigenvalue weighted by Gasteiger charge is 2.12. The molecule has 6 nitrogen and oxygen atoms in total. The molecule has 0 saturated heterocycles. The van der Waals surface area contributed by atoms with Crippen molar-refractivity contribution in [3.8, 4) is 0 Å². The van der Waals surface area contributed by atoms with Crippen molar-refractivity contribution in [3.05, 3.63) is 63.7 Å². The Hall–Kier alpha value is -2.80. The van der Waals surface area contributed by atoms with Gasteiger partial charge in [-0.1, -0.05) is 11.6 Å². The van der Waals surface area contributed by atoms with Gasteiger partial charge < -0.3 is 5.32 Å². The maximum atomic E-state index is 13.8. The largest absolute Gasteiger partial charge is 0.337 e. The number of fused-ring (bicyclic) bond motifs is 1. The Morgan fingerprint density at radius 1 is 1.18 bits per heavy atom. The molecule has 0 saturated carbocycles. The molecular weight excluding hydrogens is 311 g/mol. The molecule has 0 spiro atoms. The van der Waals surface area contributed by atoms with E-state index in [4.69, 9.17) is 11.6 Å². The number of hydrogen-bond donors (Lipinski definition) is 1. The molecular formula is C14H8ClFN4O2. The highest BCUT2D eigenvalue weighted by Crippen LogP contribution is 2.28. The van der Waals surface area contributed by atoms with Gasteiger partial charge in [0.05, 0.1) is 16.1 Å². The molecule has 0 amide bonds. The number of benzene rings is 2. The Bertz CT molecular complexity index is 888. The lowest BCUT2D eigenvalue weighted by Crippen LogP contribution is -1.99. The molecule has 0 bridgehead atoms. The van der Waals surface area contributed by atoms with Crippen LogP contribution < -0.4 is 5.32 Å². The predicted octanol–water partition coefficient (Wildman–Crippen LogP) is 4.07. The van der Waals surface area contributed by atoms with Gasteiger partial charge in [-0.15, -0.1) is 0 Å². The number of nitrogens with one attached hydrogen (secondary N) is 1. The quantitative estimate of drug-likeness (QED) is 0.581. The number of nitro benzene ring substituents is 1. The third kappa shape index (κ3) is 2.66. The molecule has 3 rings (SSSR count). The number of non-ortho nitro benzene ring substituents is 1. The van der Waals surface area contributed by atoms with Crippen LogP contribution in [0, 0.1) is 15.9 Å².